The number of carbonyl (C=O) groups excluding carboxylic acids is 1. The third-order valence-electron chi connectivity index (χ3n) is 4.62. The van der Waals surface area contributed by atoms with E-state index in [1.807, 2.05) is 0 Å². The van der Waals surface area contributed by atoms with E-state index in [-0.39, 0.29) is 11.5 Å². The van der Waals surface area contributed by atoms with Crippen molar-refractivity contribution in [3.05, 3.63) is 46.1 Å². The van der Waals surface area contributed by atoms with Gasteiger partial charge in [-0.2, -0.15) is 0 Å². The van der Waals surface area contributed by atoms with E-state index in [1.165, 1.54) is 16.7 Å². The van der Waals surface area contributed by atoms with E-state index in [0.717, 1.165) is 32.4 Å². The molecule has 0 saturated carbocycles. The quantitative estimate of drug-likeness (QED) is 0.862. The number of aromatic nitrogens is 1. The molecule has 5 heteroatoms. The van der Waals surface area contributed by atoms with Crippen molar-refractivity contribution in [1.82, 2.24) is 9.47 Å². The van der Waals surface area contributed by atoms with E-state index in [0.29, 0.717) is 28.9 Å². The summed E-state index contributed by atoms with van der Waals surface area (Å²) in [6.45, 7) is 6.09. The van der Waals surface area contributed by atoms with Gasteiger partial charge >= 0.3 is 0 Å². The van der Waals surface area contributed by atoms with Crippen LogP contribution >= 0.6 is 0 Å². The van der Waals surface area contributed by atoms with Gasteiger partial charge in [0.05, 0.1) is 5.39 Å². The number of hydrogen-bond donors (Lipinski definition) is 0. The molecular formula is C19H23FN2O2. The van der Waals surface area contributed by atoms with Crippen molar-refractivity contribution in [2.24, 2.45) is 5.92 Å². The monoisotopic (exact) mass is 330 g/mol. The Morgan fingerprint density at radius 2 is 1.92 bits per heavy atom. The zero-order chi connectivity index (χ0) is 17.3. The summed E-state index contributed by atoms with van der Waals surface area (Å²) >= 11 is 0. The van der Waals surface area contributed by atoms with Gasteiger partial charge in [-0.25, -0.2) is 4.39 Å². The lowest BCUT2D eigenvalue weighted by atomic mass is 10.1. The van der Waals surface area contributed by atoms with Crippen molar-refractivity contribution in [1.29, 1.82) is 0 Å². The fraction of sp³-hybridized carbons (Fsp3) is 0.474. The minimum Gasteiger partial charge on any atom is -0.337 e. The van der Waals surface area contributed by atoms with Crippen molar-refractivity contribution in [2.45, 2.75) is 39.7 Å². The van der Waals surface area contributed by atoms with E-state index >= 15 is 0 Å². The van der Waals surface area contributed by atoms with E-state index < -0.39 is 5.82 Å². The molecule has 1 amide bonds. The van der Waals surface area contributed by atoms with Crippen LogP contribution in [0.5, 0.6) is 0 Å². The molecule has 0 aliphatic carbocycles. The van der Waals surface area contributed by atoms with E-state index in [4.69, 9.17) is 0 Å². The molecule has 1 aliphatic heterocycles. The SMILES string of the molecule is CC(C)CCn1c(C(=O)N2CCCC2)cc2ccc(F)cc2c1=O. The maximum absolute atomic E-state index is 13.5. The second-order valence-corrected chi connectivity index (χ2v) is 6.90. The largest absolute Gasteiger partial charge is 0.337 e. The van der Waals surface area contributed by atoms with Gasteiger partial charge in [0, 0.05) is 19.6 Å². The van der Waals surface area contributed by atoms with Crippen LogP contribution in [0.25, 0.3) is 10.8 Å². The zero-order valence-electron chi connectivity index (χ0n) is 14.2. The Bertz CT molecular complexity index is 820. The lowest BCUT2D eigenvalue weighted by Gasteiger charge is -2.20. The minimum atomic E-state index is -0.436. The van der Waals surface area contributed by atoms with Crippen LogP contribution in [0.2, 0.25) is 0 Å². The second kappa shape index (κ2) is 6.75. The number of amides is 1. The molecule has 2 heterocycles. The molecule has 0 radical (unpaired) electrons. The average Bonchev–Trinajstić information content (AvgIpc) is 3.08. The highest BCUT2D eigenvalue weighted by atomic mass is 19.1. The lowest BCUT2D eigenvalue weighted by Crippen LogP contribution is -2.34. The molecule has 1 saturated heterocycles. The van der Waals surface area contributed by atoms with Crippen molar-refractivity contribution < 1.29 is 9.18 Å². The molecule has 0 spiro atoms. The highest BCUT2D eigenvalue weighted by Crippen LogP contribution is 2.18. The number of pyridine rings is 1. The van der Waals surface area contributed by atoms with Crippen LogP contribution in [0, 0.1) is 11.7 Å². The Balaban J connectivity index is 2.13. The van der Waals surface area contributed by atoms with Crippen LogP contribution in [0.3, 0.4) is 0 Å². The topological polar surface area (TPSA) is 42.3 Å². The molecule has 0 N–H and O–H groups in total. The molecule has 4 nitrogen and oxygen atoms in total. The first-order valence-electron chi connectivity index (χ1n) is 8.60. The summed E-state index contributed by atoms with van der Waals surface area (Å²) < 4.78 is 15.1. The molecule has 128 valence electrons. The van der Waals surface area contributed by atoms with Crippen molar-refractivity contribution >= 4 is 16.7 Å². The molecule has 1 aromatic heterocycles. The van der Waals surface area contributed by atoms with Crippen LogP contribution < -0.4 is 5.56 Å². The van der Waals surface area contributed by atoms with Crippen LogP contribution in [0.1, 0.15) is 43.6 Å². The third-order valence-corrected chi connectivity index (χ3v) is 4.62. The number of halogens is 1. The number of benzene rings is 1. The van der Waals surface area contributed by atoms with Crippen molar-refractivity contribution in [2.75, 3.05) is 13.1 Å². The fourth-order valence-corrected chi connectivity index (χ4v) is 3.19. The van der Waals surface area contributed by atoms with Crippen molar-refractivity contribution in [3.63, 3.8) is 0 Å². The predicted molar refractivity (Wildman–Crippen MR) is 92.8 cm³/mol. The Hall–Kier alpha value is -2.17. The Labute approximate surface area is 140 Å². The first-order chi connectivity index (χ1) is 11.5. The molecule has 2 aromatic rings. The molecule has 0 unspecified atom stereocenters. The first-order valence-corrected chi connectivity index (χ1v) is 8.60. The van der Waals surface area contributed by atoms with Gasteiger partial charge in [0.25, 0.3) is 11.5 Å². The molecule has 1 aromatic carbocycles. The summed E-state index contributed by atoms with van der Waals surface area (Å²) in [6.07, 6.45) is 2.79. The van der Waals surface area contributed by atoms with Gasteiger partial charge in [0.1, 0.15) is 11.5 Å². The third kappa shape index (κ3) is 3.21. The smallest absolute Gasteiger partial charge is 0.270 e. The predicted octanol–water partition coefficient (Wildman–Crippen LogP) is 3.42. The van der Waals surface area contributed by atoms with E-state index in [9.17, 15) is 14.0 Å². The van der Waals surface area contributed by atoms with Gasteiger partial charge in [-0.3, -0.25) is 9.59 Å². The summed E-state index contributed by atoms with van der Waals surface area (Å²) in [6, 6.07) is 5.88. The molecule has 1 aliphatic rings. The first kappa shape index (κ1) is 16.7. The standard InChI is InChI=1S/C19H23FN2O2/c1-13(2)7-10-22-17(19(24)21-8-3-4-9-21)11-14-5-6-15(20)12-16(14)18(22)23/h5-6,11-13H,3-4,7-10H2,1-2H3. The number of nitrogens with zero attached hydrogens (tertiary/aromatic N) is 2. The highest BCUT2D eigenvalue weighted by Gasteiger charge is 2.23. The number of carbonyl (C=O) groups is 1. The van der Waals surface area contributed by atoms with Gasteiger partial charge in [-0.1, -0.05) is 19.9 Å². The normalized spacial score (nSPS) is 14.8. The Morgan fingerprint density at radius 3 is 2.58 bits per heavy atom. The zero-order valence-corrected chi connectivity index (χ0v) is 14.2. The molecule has 24 heavy (non-hydrogen) atoms. The van der Waals surface area contributed by atoms with E-state index in [2.05, 4.69) is 13.8 Å². The van der Waals surface area contributed by atoms with E-state index in [1.54, 1.807) is 17.0 Å². The van der Waals surface area contributed by atoms with Gasteiger partial charge in [0.15, 0.2) is 0 Å². The van der Waals surface area contributed by atoms with Crippen LogP contribution in [0.15, 0.2) is 29.1 Å². The number of rotatable bonds is 4. The van der Waals surface area contributed by atoms with Crippen molar-refractivity contribution in [3.8, 4) is 0 Å². The summed E-state index contributed by atoms with van der Waals surface area (Å²) in [5, 5.41) is 0.946. The summed E-state index contributed by atoms with van der Waals surface area (Å²) in [7, 11) is 0. The van der Waals surface area contributed by atoms with Gasteiger partial charge in [-0.15, -0.1) is 0 Å². The molecular weight excluding hydrogens is 307 g/mol. The summed E-state index contributed by atoms with van der Waals surface area (Å²) in [5.74, 6) is -0.122. The molecule has 3 rings (SSSR count). The molecule has 1 fully saturated rings. The summed E-state index contributed by atoms with van der Waals surface area (Å²) in [5.41, 5.74) is 0.136. The molecule has 0 atom stereocenters. The van der Waals surface area contributed by atoms with Gasteiger partial charge in [-0.05, 0) is 48.8 Å². The Morgan fingerprint density at radius 1 is 1.21 bits per heavy atom. The Kier molecular flexibility index (Phi) is 4.69. The second-order valence-electron chi connectivity index (χ2n) is 6.90. The maximum Gasteiger partial charge on any atom is 0.270 e. The minimum absolute atomic E-state index is 0.0976. The van der Waals surface area contributed by atoms with Gasteiger partial charge < -0.3 is 9.47 Å². The highest BCUT2D eigenvalue weighted by molar-refractivity contribution is 5.96. The number of fused-ring (bicyclic) bond motifs is 1. The summed E-state index contributed by atoms with van der Waals surface area (Å²) in [4.78, 5) is 27.5. The van der Waals surface area contributed by atoms with Gasteiger partial charge in [0.2, 0.25) is 0 Å². The molecule has 0 bridgehead atoms. The number of hydrogen-bond acceptors (Lipinski definition) is 2. The van der Waals surface area contributed by atoms with Crippen LogP contribution in [0.4, 0.5) is 4.39 Å². The average molecular weight is 330 g/mol. The lowest BCUT2D eigenvalue weighted by molar-refractivity contribution is 0.0780. The number of likely N-dealkylation sites (tertiary alicyclic amines) is 1. The van der Waals surface area contributed by atoms with Crippen LogP contribution in [-0.4, -0.2) is 28.5 Å². The fourth-order valence-electron chi connectivity index (χ4n) is 3.19. The van der Waals surface area contributed by atoms with Crippen LogP contribution in [-0.2, 0) is 6.54 Å². The maximum atomic E-state index is 13.5.